The van der Waals surface area contributed by atoms with Crippen molar-refractivity contribution in [3.63, 3.8) is 0 Å². The summed E-state index contributed by atoms with van der Waals surface area (Å²) < 4.78 is 15.6. The smallest absolute Gasteiger partial charge is 0.334 e. The van der Waals surface area contributed by atoms with Crippen molar-refractivity contribution in [3.05, 3.63) is 35.9 Å². The molecule has 0 aromatic heterocycles. The van der Waals surface area contributed by atoms with Crippen LogP contribution in [0.15, 0.2) is 30.3 Å². The van der Waals surface area contributed by atoms with Crippen LogP contribution in [0.25, 0.3) is 6.08 Å². The molecule has 2 rings (SSSR count). The minimum absolute atomic E-state index is 0.416. The summed E-state index contributed by atoms with van der Waals surface area (Å²) in [5.41, 5.74) is 0.998. The van der Waals surface area contributed by atoms with E-state index >= 15 is 0 Å². The fraction of sp³-hybridized carbons (Fsp3) is 0.308. The highest BCUT2D eigenvalue weighted by Crippen LogP contribution is 2.26. The van der Waals surface area contributed by atoms with Crippen LogP contribution < -0.4 is 4.74 Å². The Balaban J connectivity index is 2.01. The van der Waals surface area contributed by atoms with E-state index in [2.05, 4.69) is 4.74 Å². The van der Waals surface area contributed by atoms with E-state index in [0.29, 0.717) is 0 Å². The Morgan fingerprint density at radius 3 is 2.94 bits per heavy atom. The molecule has 0 saturated carbocycles. The highest BCUT2D eigenvalue weighted by Gasteiger charge is 2.21. The molecule has 0 fully saturated rings. The van der Waals surface area contributed by atoms with E-state index in [-0.39, 0.29) is 0 Å². The summed E-state index contributed by atoms with van der Waals surface area (Å²) in [5.74, 6) is 0.331. The Hall–Kier alpha value is -1.81. The highest BCUT2D eigenvalue weighted by molar-refractivity contribution is 5.74. The first kappa shape index (κ1) is 11.7. The zero-order chi connectivity index (χ0) is 12.3. The zero-order valence-corrected chi connectivity index (χ0v) is 9.75. The SMILES string of the molecule is COC(=O)[C@H](C)O[C@H]1C=Cc2ccccc2O1. The number of methoxy groups -OCH3 is 1. The minimum Gasteiger partial charge on any atom is -0.467 e. The van der Waals surface area contributed by atoms with Crippen LogP contribution in [0.4, 0.5) is 0 Å². The first-order valence-electron chi connectivity index (χ1n) is 5.38. The predicted octanol–water partition coefficient (Wildman–Crippen LogP) is 2.00. The maximum atomic E-state index is 11.2. The number of fused-ring (bicyclic) bond motifs is 1. The molecule has 0 unspecified atom stereocenters. The van der Waals surface area contributed by atoms with E-state index in [1.165, 1.54) is 7.11 Å². The van der Waals surface area contributed by atoms with E-state index < -0.39 is 18.4 Å². The number of esters is 1. The van der Waals surface area contributed by atoms with Crippen molar-refractivity contribution >= 4 is 12.0 Å². The van der Waals surface area contributed by atoms with Gasteiger partial charge in [-0.1, -0.05) is 18.2 Å². The van der Waals surface area contributed by atoms with E-state index in [0.717, 1.165) is 11.3 Å². The van der Waals surface area contributed by atoms with Gasteiger partial charge in [0, 0.05) is 5.56 Å². The van der Waals surface area contributed by atoms with Gasteiger partial charge < -0.3 is 14.2 Å². The average molecular weight is 234 g/mol. The Kier molecular flexibility index (Phi) is 3.44. The molecule has 17 heavy (non-hydrogen) atoms. The molecular weight excluding hydrogens is 220 g/mol. The van der Waals surface area contributed by atoms with Crippen molar-refractivity contribution in [2.45, 2.75) is 19.3 Å². The normalized spacial score (nSPS) is 19.1. The second kappa shape index (κ2) is 5.01. The maximum Gasteiger partial charge on any atom is 0.334 e. The lowest BCUT2D eigenvalue weighted by molar-refractivity contribution is -0.164. The number of carbonyl (C=O) groups excluding carboxylic acids is 1. The lowest BCUT2D eigenvalue weighted by Gasteiger charge is -2.23. The molecule has 4 nitrogen and oxygen atoms in total. The van der Waals surface area contributed by atoms with Crippen LogP contribution >= 0.6 is 0 Å². The average Bonchev–Trinajstić information content (AvgIpc) is 2.37. The van der Waals surface area contributed by atoms with Gasteiger partial charge in [-0.2, -0.15) is 0 Å². The molecule has 1 aromatic rings. The van der Waals surface area contributed by atoms with Gasteiger partial charge in [0.15, 0.2) is 6.10 Å². The molecule has 0 N–H and O–H groups in total. The van der Waals surface area contributed by atoms with Crippen molar-refractivity contribution in [1.29, 1.82) is 0 Å². The largest absolute Gasteiger partial charge is 0.467 e. The molecule has 4 heteroatoms. The van der Waals surface area contributed by atoms with Crippen molar-refractivity contribution in [1.82, 2.24) is 0 Å². The summed E-state index contributed by atoms with van der Waals surface area (Å²) in [7, 11) is 1.33. The van der Waals surface area contributed by atoms with Crippen molar-refractivity contribution in [2.24, 2.45) is 0 Å². The highest BCUT2D eigenvalue weighted by atomic mass is 16.7. The number of ether oxygens (including phenoxy) is 3. The van der Waals surface area contributed by atoms with Gasteiger partial charge in [-0.15, -0.1) is 0 Å². The van der Waals surface area contributed by atoms with Gasteiger partial charge in [0.05, 0.1) is 7.11 Å². The summed E-state index contributed by atoms with van der Waals surface area (Å²) in [4.78, 5) is 11.2. The Morgan fingerprint density at radius 2 is 2.18 bits per heavy atom. The summed E-state index contributed by atoms with van der Waals surface area (Å²) in [6, 6.07) is 7.63. The fourth-order valence-electron chi connectivity index (χ4n) is 1.57. The third-order valence-electron chi connectivity index (χ3n) is 2.47. The maximum absolute atomic E-state index is 11.2. The molecule has 0 aliphatic carbocycles. The van der Waals surface area contributed by atoms with Crippen molar-refractivity contribution in [2.75, 3.05) is 7.11 Å². The molecule has 2 atom stereocenters. The van der Waals surface area contributed by atoms with E-state index in [9.17, 15) is 4.79 Å². The van der Waals surface area contributed by atoms with Crippen LogP contribution in [0.2, 0.25) is 0 Å². The lowest BCUT2D eigenvalue weighted by atomic mass is 10.1. The number of benzene rings is 1. The third kappa shape index (κ3) is 2.65. The molecule has 1 aliphatic heterocycles. The Morgan fingerprint density at radius 1 is 1.41 bits per heavy atom. The molecule has 1 aromatic carbocycles. The number of rotatable bonds is 3. The van der Waals surface area contributed by atoms with Crippen LogP contribution in [0.1, 0.15) is 12.5 Å². The third-order valence-corrected chi connectivity index (χ3v) is 2.47. The van der Waals surface area contributed by atoms with Crippen LogP contribution in [-0.2, 0) is 14.3 Å². The standard InChI is InChI=1S/C13H14O4/c1-9(13(14)15-2)16-12-8-7-10-5-3-4-6-11(10)17-12/h3-9,12H,1-2H3/t9-,12+/m0/s1. The second-order valence-corrected chi connectivity index (χ2v) is 3.68. The molecule has 1 aliphatic rings. The van der Waals surface area contributed by atoms with Gasteiger partial charge >= 0.3 is 5.97 Å². The Bertz CT molecular complexity index is 439. The van der Waals surface area contributed by atoms with Gasteiger partial charge in [0.2, 0.25) is 6.29 Å². The molecule has 0 saturated heterocycles. The van der Waals surface area contributed by atoms with E-state index in [1.807, 2.05) is 30.3 Å². The van der Waals surface area contributed by atoms with Crippen LogP contribution in [0.5, 0.6) is 5.75 Å². The molecule has 1 heterocycles. The van der Waals surface area contributed by atoms with Crippen LogP contribution in [0, 0.1) is 0 Å². The molecule has 0 radical (unpaired) electrons. The van der Waals surface area contributed by atoms with Crippen LogP contribution in [-0.4, -0.2) is 25.5 Å². The summed E-state index contributed by atoms with van der Waals surface area (Å²) in [6.07, 6.45) is 2.47. The molecular formula is C13H14O4. The number of hydrogen-bond acceptors (Lipinski definition) is 4. The quantitative estimate of drug-likeness (QED) is 0.750. The second-order valence-electron chi connectivity index (χ2n) is 3.68. The van der Waals surface area contributed by atoms with E-state index in [1.54, 1.807) is 13.0 Å². The van der Waals surface area contributed by atoms with Crippen molar-refractivity contribution < 1.29 is 19.0 Å². The zero-order valence-electron chi connectivity index (χ0n) is 9.75. The molecule has 0 bridgehead atoms. The van der Waals surface area contributed by atoms with Gasteiger partial charge in [0.1, 0.15) is 5.75 Å². The van der Waals surface area contributed by atoms with Gasteiger partial charge in [0.25, 0.3) is 0 Å². The van der Waals surface area contributed by atoms with Crippen molar-refractivity contribution in [3.8, 4) is 5.75 Å². The van der Waals surface area contributed by atoms with E-state index in [4.69, 9.17) is 9.47 Å². The monoisotopic (exact) mass is 234 g/mol. The number of para-hydroxylation sites is 1. The van der Waals surface area contributed by atoms with Gasteiger partial charge in [-0.3, -0.25) is 0 Å². The molecule has 0 spiro atoms. The fourth-order valence-corrected chi connectivity index (χ4v) is 1.57. The summed E-state index contributed by atoms with van der Waals surface area (Å²) in [5, 5.41) is 0. The molecule has 0 amide bonds. The van der Waals surface area contributed by atoms with Gasteiger partial charge in [-0.25, -0.2) is 4.79 Å². The van der Waals surface area contributed by atoms with Gasteiger partial charge in [-0.05, 0) is 25.1 Å². The summed E-state index contributed by atoms with van der Waals surface area (Å²) >= 11 is 0. The Labute approximate surface area is 99.8 Å². The van der Waals surface area contributed by atoms with Crippen LogP contribution in [0.3, 0.4) is 0 Å². The molecule has 90 valence electrons. The topological polar surface area (TPSA) is 44.8 Å². The first-order valence-corrected chi connectivity index (χ1v) is 5.38. The first-order chi connectivity index (χ1) is 8.20. The lowest BCUT2D eigenvalue weighted by Crippen LogP contribution is -2.31. The summed E-state index contributed by atoms with van der Waals surface area (Å²) in [6.45, 7) is 1.63. The predicted molar refractivity (Wildman–Crippen MR) is 62.5 cm³/mol. The number of hydrogen-bond donors (Lipinski definition) is 0. The minimum atomic E-state index is -0.653. The number of carbonyl (C=O) groups is 1.